The topological polar surface area (TPSA) is 101 Å². The van der Waals surface area contributed by atoms with Crippen LogP contribution in [0.3, 0.4) is 0 Å². The highest BCUT2D eigenvalue weighted by molar-refractivity contribution is 5.79. The molecule has 0 spiro atoms. The molecule has 0 aliphatic rings. The van der Waals surface area contributed by atoms with Crippen molar-refractivity contribution in [3.63, 3.8) is 0 Å². The van der Waals surface area contributed by atoms with Crippen LogP contribution in [0, 0.1) is 5.41 Å². The molecule has 6 nitrogen and oxygen atoms in total. The van der Waals surface area contributed by atoms with E-state index in [-0.39, 0.29) is 12.4 Å². The standard InChI is InChI=1S/C12H22O2.2C4H6O2/c1-5-14-11(13)9-7-6-8-10-12(2,3)4;2*1-2-3-4(5)6/h5H,1,6-10H2,2-4H3;2-3H,1H3,(H,5,6);2H,1,3H2,(H,5,6)/b;3-2+;. The molecule has 0 aliphatic carbocycles. The van der Waals surface area contributed by atoms with E-state index in [1.54, 1.807) is 6.92 Å². The zero-order valence-corrected chi connectivity index (χ0v) is 16.5. The minimum Gasteiger partial charge on any atom is -0.481 e. The van der Waals surface area contributed by atoms with E-state index in [0.717, 1.165) is 18.9 Å². The normalized spacial score (nSPS) is 9.85. The van der Waals surface area contributed by atoms with Crippen LogP contribution < -0.4 is 0 Å². The summed E-state index contributed by atoms with van der Waals surface area (Å²) in [7, 11) is 0. The van der Waals surface area contributed by atoms with Gasteiger partial charge in [-0.2, -0.15) is 0 Å². The molecule has 0 saturated carbocycles. The van der Waals surface area contributed by atoms with Crippen LogP contribution in [0.2, 0.25) is 0 Å². The van der Waals surface area contributed by atoms with Gasteiger partial charge in [0.15, 0.2) is 0 Å². The number of carboxylic acids is 2. The maximum absolute atomic E-state index is 10.9. The second kappa shape index (κ2) is 19.0. The Kier molecular flexibility index (Phi) is 20.7. The van der Waals surface area contributed by atoms with Crippen LogP contribution in [0.5, 0.6) is 0 Å². The van der Waals surface area contributed by atoms with Gasteiger partial charge in [-0.3, -0.25) is 9.59 Å². The van der Waals surface area contributed by atoms with Crippen molar-refractivity contribution in [2.75, 3.05) is 0 Å². The van der Waals surface area contributed by atoms with E-state index in [1.807, 2.05) is 0 Å². The van der Waals surface area contributed by atoms with E-state index in [1.165, 1.54) is 31.3 Å². The Morgan fingerprint density at radius 1 is 1.04 bits per heavy atom. The summed E-state index contributed by atoms with van der Waals surface area (Å²) in [5, 5.41) is 15.7. The molecule has 0 rings (SSSR count). The fraction of sp³-hybridized carbons (Fsp3) is 0.550. The highest BCUT2D eigenvalue weighted by atomic mass is 16.5. The molecule has 0 saturated heterocycles. The number of aliphatic carboxylic acids is 2. The van der Waals surface area contributed by atoms with Gasteiger partial charge in [0.25, 0.3) is 0 Å². The van der Waals surface area contributed by atoms with Gasteiger partial charge in [-0.1, -0.05) is 52.3 Å². The lowest BCUT2D eigenvalue weighted by Gasteiger charge is -2.17. The van der Waals surface area contributed by atoms with Crippen molar-refractivity contribution in [2.45, 2.75) is 66.2 Å². The van der Waals surface area contributed by atoms with E-state index in [9.17, 15) is 14.4 Å². The zero-order chi connectivity index (χ0) is 21.0. The number of carbonyl (C=O) groups excluding carboxylic acids is 1. The quantitative estimate of drug-likeness (QED) is 0.195. The first-order chi connectivity index (χ1) is 12.0. The molecule has 26 heavy (non-hydrogen) atoms. The largest absolute Gasteiger partial charge is 0.481 e. The molecular formula is C20H34O6. The number of unbranched alkanes of at least 4 members (excludes halogenated alkanes) is 2. The van der Waals surface area contributed by atoms with E-state index in [2.05, 4.69) is 38.7 Å². The first kappa shape index (κ1) is 28.4. The van der Waals surface area contributed by atoms with Crippen molar-refractivity contribution in [1.82, 2.24) is 0 Å². The molecule has 0 radical (unpaired) electrons. The molecule has 0 aliphatic heterocycles. The summed E-state index contributed by atoms with van der Waals surface area (Å²) in [5.41, 5.74) is 0.404. The lowest BCUT2D eigenvalue weighted by Crippen LogP contribution is -2.04. The molecule has 0 heterocycles. The molecule has 0 atom stereocenters. The van der Waals surface area contributed by atoms with Gasteiger partial charge in [0.1, 0.15) is 0 Å². The third-order valence-corrected chi connectivity index (χ3v) is 2.65. The number of allylic oxidation sites excluding steroid dienone is 1. The number of rotatable bonds is 9. The Balaban J connectivity index is -0.000000364. The van der Waals surface area contributed by atoms with Crippen molar-refractivity contribution in [2.24, 2.45) is 5.41 Å². The van der Waals surface area contributed by atoms with Gasteiger partial charge in [-0.05, 0) is 25.2 Å². The molecular weight excluding hydrogens is 336 g/mol. The summed E-state index contributed by atoms with van der Waals surface area (Å²) in [5.74, 6) is -1.89. The molecule has 150 valence electrons. The van der Waals surface area contributed by atoms with Crippen LogP contribution in [0.4, 0.5) is 0 Å². The maximum atomic E-state index is 10.9. The highest BCUT2D eigenvalue weighted by Gasteiger charge is 2.09. The number of carboxylic acid groups (broad SMARTS) is 2. The molecule has 0 fully saturated rings. The first-order valence-corrected chi connectivity index (χ1v) is 8.48. The summed E-state index contributed by atoms with van der Waals surface area (Å²) in [6, 6.07) is 0. The van der Waals surface area contributed by atoms with Gasteiger partial charge in [-0.25, -0.2) is 4.79 Å². The minimum absolute atomic E-state index is 0.0556. The Labute approximate surface area is 157 Å². The first-order valence-electron chi connectivity index (χ1n) is 8.48. The molecule has 0 aromatic rings. The molecule has 0 aromatic carbocycles. The molecule has 6 heteroatoms. The highest BCUT2D eigenvalue weighted by Crippen LogP contribution is 2.22. The van der Waals surface area contributed by atoms with Gasteiger partial charge in [-0.15, -0.1) is 6.58 Å². The Hall–Kier alpha value is -2.37. The van der Waals surface area contributed by atoms with Gasteiger partial charge < -0.3 is 14.9 Å². The van der Waals surface area contributed by atoms with Gasteiger partial charge in [0, 0.05) is 12.5 Å². The maximum Gasteiger partial charge on any atom is 0.327 e. The summed E-state index contributed by atoms with van der Waals surface area (Å²) in [6.45, 7) is 14.9. The summed E-state index contributed by atoms with van der Waals surface area (Å²) >= 11 is 0. The van der Waals surface area contributed by atoms with E-state index in [0.29, 0.717) is 11.8 Å². The number of hydrogen-bond acceptors (Lipinski definition) is 4. The van der Waals surface area contributed by atoms with E-state index in [4.69, 9.17) is 10.2 Å². The van der Waals surface area contributed by atoms with Crippen LogP contribution in [0.25, 0.3) is 0 Å². The van der Waals surface area contributed by atoms with Crippen molar-refractivity contribution in [3.05, 3.63) is 37.6 Å². The monoisotopic (exact) mass is 370 g/mol. The fourth-order valence-corrected chi connectivity index (χ4v) is 1.52. The van der Waals surface area contributed by atoms with E-state index >= 15 is 0 Å². The second-order valence-corrected chi connectivity index (χ2v) is 6.50. The third-order valence-electron chi connectivity index (χ3n) is 2.65. The average Bonchev–Trinajstić information content (AvgIpc) is 2.47. The molecule has 0 amide bonds. The molecule has 0 aromatic heterocycles. The van der Waals surface area contributed by atoms with Gasteiger partial charge >= 0.3 is 17.9 Å². The van der Waals surface area contributed by atoms with Crippen molar-refractivity contribution >= 4 is 17.9 Å². The molecule has 2 N–H and O–H groups in total. The smallest absolute Gasteiger partial charge is 0.327 e. The Bertz CT molecular complexity index is 444. The fourth-order valence-electron chi connectivity index (χ4n) is 1.52. The molecule has 0 unspecified atom stereocenters. The average molecular weight is 370 g/mol. The lowest BCUT2D eigenvalue weighted by molar-refractivity contribution is -0.138. The summed E-state index contributed by atoms with van der Waals surface area (Å²) < 4.78 is 4.61. The van der Waals surface area contributed by atoms with Crippen LogP contribution in [-0.2, 0) is 19.1 Å². The summed E-state index contributed by atoms with van der Waals surface area (Å²) in [6.07, 6.45) is 10.1. The van der Waals surface area contributed by atoms with Crippen LogP contribution in [0.15, 0.2) is 37.6 Å². The Morgan fingerprint density at radius 2 is 1.62 bits per heavy atom. The van der Waals surface area contributed by atoms with E-state index < -0.39 is 11.9 Å². The van der Waals surface area contributed by atoms with Crippen molar-refractivity contribution in [1.29, 1.82) is 0 Å². The van der Waals surface area contributed by atoms with Gasteiger partial charge in [0.2, 0.25) is 0 Å². The van der Waals surface area contributed by atoms with Crippen molar-refractivity contribution in [3.8, 4) is 0 Å². The number of carbonyl (C=O) groups is 3. The second-order valence-electron chi connectivity index (χ2n) is 6.50. The van der Waals surface area contributed by atoms with Crippen LogP contribution >= 0.6 is 0 Å². The molecule has 0 bridgehead atoms. The lowest BCUT2D eigenvalue weighted by atomic mass is 9.89. The number of ether oxygens (including phenoxy) is 1. The van der Waals surface area contributed by atoms with Crippen LogP contribution in [-0.4, -0.2) is 28.1 Å². The van der Waals surface area contributed by atoms with Crippen LogP contribution in [0.1, 0.15) is 66.2 Å². The SMILES string of the molecule is C/C=C/C(=O)O.C=CCC(=O)O.C=COC(=O)CCCCCC(C)(C)C. The van der Waals surface area contributed by atoms with Crippen molar-refractivity contribution < 1.29 is 29.3 Å². The predicted molar refractivity (Wildman–Crippen MR) is 104 cm³/mol. The number of esters is 1. The van der Waals surface area contributed by atoms with Gasteiger partial charge in [0.05, 0.1) is 12.7 Å². The zero-order valence-electron chi connectivity index (χ0n) is 16.5. The minimum atomic E-state index is -0.891. The number of hydrogen-bond donors (Lipinski definition) is 2. The third kappa shape index (κ3) is 37.7. The summed E-state index contributed by atoms with van der Waals surface area (Å²) in [4.78, 5) is 30.0. The Morgan fingerprint density at radius 3 is 1.88 bits per heavy atom. The predicted octanol–water partition coefficient (Wildman–Crippen LogP) is 4.96.